The predicted molar refractivity (Wildman–Crippen MR) is 95.2 cm³/mol. The number of carbonyl (C=O) groups excluding carboxylic acids is 1. The lowest BCUT2D eigenvalue weighted by Gasteiger charge is -2.01. The Bertz CT molecular complexity index is 938. The van der Waals surface area contributed by atoms with Gasteiger partial charge in [0.1, 0.15) is 11.1 Å². The van der Waals surface area contributed by atoms with Crippen molar-refractivity contribution in [1.29, 1.82) is 5.26 Å². The molecule has 0 aliphatic carbocycles. The molecule has 7 heteroatoms. The van der Waals surface area contributed by atoms with Crippen LogP contribution < -0.4 is 5.32 Å². The summed E-state index contributed by atoms with van der Waals surface area (Å²) in [5.74, 6) is 0.734. The third kappa shape index (κ3) is 3.75. The molecule has 0 radical (unpaired) electrons. The highest BCUT2D eigenvalue weighted by atomic mass is 32.1. The molecular formula is C18H16N4O2S. The molecule has 0 fully saturated rings. The molecule has 3 rings (SSSR count). The van der Waals surface area contributed by atoms with Crippen molar-refractivity contribution in [3.63, 3.8) is 0 Å². The van der Waals surface area contributed by atoms with Crippen molar-refractivity contribution < 1.29 is 9.32 Å². The number of hydrogen-bond acceptors (Lipinski definition) is 6. The highest BCUT2D eigenvalue weighted by Crippen LogP contribution is 2.31. The number of aryl methyl sites for hydroxylation is 2. The highest BCUT2D eigenvalue weighted by molar-refractivity contribution is 7.16. The second-order valence-electron chi connectivity index (χ2n) is 5.53. The van der Waals surface area contributed by atoms with E-state index in [9.17, 15) is 10.1 Å². The number of anilines is 1. The molecule has 0 spiro atoms. The zero-order valence-corrected chi connectivity index (χ0v) is 14.7. The van der Waals surface area contributed by atoms with Crippen LogP contribution in [0.5, 0.6) is 0 Å². The van der Waals surface area contributed by atoms with Gasteiger partial charge in [-0.1, -0.05) is 35.5 Å². The summed E-state index contributed by atoms with van der Waals surface area (Å²) < 4.78 is 5.20. The summed E-state index contributed by atoms with van der Waals surface area (Å²) in [7, 11) is 0. The van der Waals surface area contributed by atoms with E-state index in [4.69, 9.17) is 4.52 Å². The van der Waals surface area contributed by atoms with Crippen LogP contribution in [0.3, 0.4) is 0 Å². The molecule has 2 heterocycles. The number of benzene rings is 1. The van der Waals surface area contributed by atoms with Gasteiger partial charge in [-0.3, -0.25) is 4.79 Å². The molecule has 1 amide bonds. The largest absolute Gasteiger partial charge is 0.339 e. The fraction of sp³-hybridized carbons (Fsp3) is 0.222. The maximum atomic E-state index is 12.1. The van der Waals surface area contributed by atoms with Gasteiger partial charge in [0.25, 0.3) is 0 Å². The first kappa shape index (κ1) is 16.9. The van der Waals surface area contributed by atoms with Crippen molar-refractivity contribution >= 4 is 22.2 Å². The number of rotatable bonds is 5. The lowest BCUT2D eigenvalue weighted by Crippen LogP contribution is -2.12. The van der Waals surface area contributed by atoms with Crippen molar-refractivity contribution in [2.75, 3.05) is 5.32 Å². The smallest absolute Gasteiger partial charge is 0.227 e. The van der Waals surface area contributed by atoms with Crippen LogP contribution in [0, 0.1) is 25.2 Å². The van der Waals surface area contributed by atoms with Crippen LogP contribution in [0.1, 0.15) is 28.3 Å². The van der Waals surface area contributed by atoms with Crippen LogP contribution in [-0.2, 0) is 11.2 Å². The van der Waals surface area contributed by atoms with Crippen LogP contribution in [0.15, 0.2) is 34.9 Å². The number of aromatic nitrogens is 2. The summed E-state index contributed by atoms with van der Waals surface area (Å²) in [5.41, 5.74) is 2.30. The first-order valence-corrected chi connectivity index (χ1v) is 8.58. The summed E-state index contributed by atoms with van der Waals surface area (Å²) in [4.78, 5) is 17.5. The average Bonchev–Trinajstić information content (AvgIpc) is 3.19. The molecule has 0 unspecified atom stereocenters. The first-order valence-electron chi connectivity index (χ1n) is 7.76. The topological polar surface area (TPSA) is 91.8 Å². The Balaban J connectivity index is 1.61. The Morgan fingerprint density at radius 2 is 2.08 bits per heavy atom. The minimum atomic E-state index is -0.183. The van der Waals surface area contributed by atoms with Gasteiger partial charge in [0, 0.05) is 23.3 Å². The maximum Gasteiger partial charge on any atom is 0.227 e. The standard InChI is InChI=1S/C18H16N4O2S/c1-11-12(2)25-18(14(11)10-19)20-15(23)8-9-16-21-17(22-24-16)13-6-4-3-5-7-13/h3-7H,8-9H2,1-2H3,(H,20,23). The van der Waals surface area contributed by atoms with Gasteiger partial charge in [-0.15, -0.1) is 11.3 Å². The molecule has 6 nitrogen and oxygen atoms in total. The Hall–Kier alpha value is -2.98. The predicted octanol–water partition coefficient (Wildman–Crippen LogP) is 3.86. The number of nitrogens with zero attached hydrogens (tertiary/aromatic N) is 3. The number of nitriles is 1. The van der Waals surface area contributed by atoms with Gasteiger partial charge in [0.05, 0.1) is 5.56 Å². The van der Waals surface area contributed by atoms with Crippen LogP contribution in [-0.4, -0.2) is 16.0 Å². The number of carbonyl (C=O) groups is 1. The molecule has 0 saturated heterocycles. The molecule has 2 aromatic heterocycles. The van der Waals surface area contributed by atoms with Gasteiger partial charge < -0.3 is 9.84 Å². The second kappa shape index (κ2) is 7.28. The number of nitrogens with one attached hydrogen (secondary N) is 1. The molecule has 25 heavy (non-hydrogen) atoms. The van der Waals surface area contributed by atoms with Gasteiger partial charge in [-0.2, -0.15) is 10.2 Å². The Labute approximate surface area is 149 Å². The van der Waals surface area contributed by atoms with E-state index in [1.165, 1.54) is 11.3 Å². The summed E-state index contributed by atoms with van der Waals surface area (Å²) in [5, 5.41) is 16.5. The summed E-state index contributed by atoms with van der Waals surface area (Å²) in [6.07, 6.45) is 0.550. The highest BCUT2D eigenvalue weighted by Gasteiger charge is 2.15. The third-order valence-corrected chi connectivity index (χ3v) is 4.94. The fourth-order valence-corrected chi connectivity index (χ4v) is 3.35. The van der Waals surface area contributed by atoms with Gasteiger partial charge in [0.2, 0.25) is 17.6 Å². The maximum absolute atomic E-state index is 12.1. The van der Waals surface area contributed by atoms with Gasteiger partial charge in [0.15, 0.2) is 0 Å². The lowest BCUT2D eigenvalue weighted by atomic mass is 10.2. The SMILES string of the molecule is Cc1sc(NC(=O)CCc2nc(-c3ccccc3)no2)c(C#N)c1C. The van der Waals surface area contributed by atoms with E-state index in [0.29, 0.717) is 28.7 Å². The number of amides is 1. The molecule has 0 bridgehead atoms. The average molecular weight is 352 g/mol. The molecule has 1 N–H and O–H groups in total. The molecule has 0 atom stereocenters. The van der Waals surface area contributed by atoms with E-state index in [-0.39, 0.29) is 12.3 Å². The van der Waals surface area contributed by atoms with E-state index in [0.717, 1.165) is 16.0 Å². The van der Waals surface area contributed by atoms with Crippen molar-refractivity contribution in [3.05, 3.63) is 52.2 Å². The molecule has 0 aliphatic rings. The van der Waals surface area contributed by atoms with Crippen molar-refractivity contribution in [3.8, 4) is 17.5 Å². The molecule has 0 saturated carbocycles. The van der Waals surface area contributed by atoms with Crippen molar-refractivity contribution in [2.45, 2.75) is 26.7 Å². The van der Waals surface area contributed by atoms with Crippen LogP contribution in [0.25, 0.3) is 11.4 Å². The van der Waals surface area contributed by atoms with Crippen LogP contribution in [0.2, 0.25) is 0 Å². The van der Waals surface area contributed by atoms with Crippen LogP contribution >= 0.6 is 11.3 Å². The first-order chi connectivity index (χ1) is 12.1. The van der Waals surface area contributed by atoms with Gasteiger partial charge in [-0.05, 0) is 19.4 Å². The Kier molecular flexibility index (Phi) is 4.91. The number of hydrogen-bond donors (Lipinski definition) is 1. The molecule has 0 aliphatic heterocycles. The minimum absolute atomic E-state index is 0.183. The molecule has 126 valence electrons. The van der Waals surface area contributed by atoms with E-state index in [1.807, 2.05) is 44.2 Å². The second-order valence-corrected chi connectivity index (χ2v) is 6.75. The fourth-order valence-electron chi connectivity index (χ4n) is 2.32. The lowest BCUT2D eigenvalue weighted by molar-refractivity contribution is -0.116. The van der Waals surface area contributed by atoms with E-state index < -0.39 is 0 Å². The zero-order chi connectivity index (χ0) is 17.8. The quantitative estimate of drug-likeness (QED) is 0.753. The van der Waals surface area contributed by atoms with E-state index in [2.05, 4.69) is 21.5 Å². The van der Waals surface area contributed by atoms with E-state index >= 15 is 0 Å². The zero-order valence-electron chi connectivity index (χ0n) is 13.9. The Morgan fingerprint density at radius 3 is 2.80 bits per heavy atom. The summed E-state index contributed by atoms with van der Waals surface area (Å²) in [6, 6.07) is 11.6. The number of thiophene rings is 1. The van der Waals surface area contributed by atoms with Crippen molar-refractivity contribution in [2.24, 2.45) is 0 Å². The molecule has 1 aromatic carbocycles. The van der Waals surface area contributed by atoms with Gasteiger partial charge >= 0.3 is 0 Å². The minimum Gasteiger partial charge on any atom is -0.339 e. The summed E-state index contributed by atoms with van der Waals surface area (Å²) >= 11 is 1.41. The van der Waals surface area contributed by atoms with Gasteiger partial charge in [-0.25, -0.2) is 0 Å². The summed E-state index contributed by atoms with van der Waals surface area (Å²) in [6.45, 7) is 3.81. The monoisotopic (exact) mass is 352 g/mol. The normalized spacial score (nSPS) is 10.4. The Morgan fingerprint density at radius 1 is 1.32 bits per heavy atom. The molecule has 3 aromatic rings. The third-order valence-electron chi connectivity index (χ3n) is 3.82. The molecular weight excluding hydrogens is 336 g/mol. The van der Waals surface area contributed by atoms with Crippen molar-refractivity contribution in [1.82, 2.24) is 10.1 Å². The van der Waals surface area contributed by atoms with E-state index in [1.54, 1.807) is 0 Å². The van der Waals surface area contributed by atoms with Crippen LogP contribution in [0.4, 0.5) is 5.00 Å².